The number of carbonyl (C=O) groups is 1. The van der Waals surface area contributed by atoms with Crippen LogP contribution >= 0.6 is 0 Å². The van der Waals surface area contributed by atoms with Crippen molar-refractivity contribution >= 4 is 5.91 Å². The monoisotopic (exact) mass is 297 g/mol. The summed E-state index contributed by atoms with van der Waals surface area (Å²) in [5.41, 5.74) is -0.777. The first-order valence-corrected chi connectivity index (χ1v) is 6.65. The van der Waals surface area contributed by atoms with Crippen LogP contribution in [0.15, 0.2) is 0 Å². The van der Waals surface area contributed by atoms with Gasteiger partial charge in [-0.15, -0.1) is 0 Å². The summed E-state index contributed by atoms with van der Waals surface area (Å²) in [5.74, 6) is -0.646. The molecule has 0 bridgehead atoms. The van der Waals surface area contributed by atoms with E-state index in [1.165, 1.54) is 0 Å². The summed E-state index contributed by atoms with van der Waals surface area (Å²) in [6.07, 6.45) is -1.59. The van der Waals surface area contributed by atoms with Crippen LogP contribution in [-0.4, -0.2) is 42.5 Å². The molecule has 20 heavy (non-hydrogen) atoms. The summed E-state index contributed by atoms with van der Waals surface area (Å²) in [4.78, 5) is 11.3. The first kappa shape index (κ1) is 17.2. The summed E-state index contributed by atoms with van der Waals surface area (Å²) in [6, 6.07) is 0. The van der Waals surface area contributed by atoms with Crippen molar-refractivity contribution in [1.82, 2.24) is 5.32 Å². The number of alkyl halides is 3. The fourth-order valence-corrected chi connectivity index (χ4v) is 2.14. The van der Waals surface area contributed by atoms with E-state index in [9.17, 15) is 23.1 Å². The first-order chi connectivity index (χ1) is 9.02. The number of rotatable bonds is 5. The van der Waals surface area contributed by atoms with Crippen LogP contribution in [0, 0.1) is 5.41 Å². The van der Waals surface area contributed by atoms with Gasteiger partial charge in [-0.25, -0.2) is 0 Å². The molecule has 0 aromatic carbocycles. The number of ether oxygens (including phenoxy) is 1. The van der Waals surface area contributed by atoms with Crippen LogP contribution in [0.25, 0.3) is 0 Å². The second kappa shape index (κ2) is 6.30. The van der Waals surface area contributed by atoms with Crippen LogP contribution in [0.1, 0.15) is 39.5 Å². The molecule has 0 aliphatic heterocycles. The lowest BCUT2D eigenvalue weighted by molar-refractivity contribution is -0.175. The highest BCUT2D eigenvalue weighted by molar-refractivity contribution is 5.77. The Labute approximate surface area is 116 Å². The van der Waals surface area contributed by atoms with E-state index in [1.807, 2.05) is 0 Å². The van der Waals surface area contributed by atoms with Crippen molar-refractivity contribution in [3.05, 3.63) is 0 Å². The molecular formula is C13H22F3NO3. The van der Waals surface area contributed by atoms with Gasteiger partial charge in [-0.2, -0.15) is 13.2 Å². The molecule has 0 aromatic heterocycles. The lowest BCUT2D eigenvalue weighted by Crippen LogP contribution is -2.47. The molecule has 7 heteroatoms. The van der Waals surface area contributed by atoms with Crippen molar-refractivity contribution in [2.24, 2.45) is 5.41 Å². The Kier molecular flexibility index (Phi) is 5.43. The highest BCUT2D eigenvalue weighted by Crippen LogP contribution is 2.39. The van der Waals surface area contributed by atoms with E-state index in [0.717, 1.165) is 12.8 Å². The number of hydrogen-bond donors (Lipinski definition) is 2. The molecule has 0 heterocycles. The van der Waals surface area contributed by atoms with Gasteiger partial charge in [0, 0.05) is 6.54 Å². The van der Waals surface area contributed by atoms with Gasteiger partial charge in [-0.3, -0.25) is 4.79 Å². The molecule has 0 unspecified atom stereocenters. The van der Waals surface area contributed by atoms with E-state index in [-0.39, 0.29) is 12.0 Å². The van der Waals surface area contributed by atoms with Crippen LogP contribution in [0.4, 0.5) is 13.2 Å². The van der Waals surface area contributed by atoms with Gasteiger partial charge < -0.3 is 15.2 Å². The second-order valence-electron chi connectivity index (χ2n) is 6.27. The van der Waals surface area contributed by atoms with E-state index in [0.29, 0.717) is 12.8 Å². The van der Waals surface area contributed by atoms with Gasteiger partial charge in [0.2, 0.25) is 5.91 Å². The minimum Gasteiger partial charge on any atom is -0.388 e. The maximum absolute atomic E-state index is 11.8. The number of carbonyl (C=O) groups excluding carboxylic acids is 1. The molecule has 1 aliphatic carbocycles. The minimum absolute atomic E-state index is 0.0529. The second-order valence-corrected chi connectivity index (χ2v) is 6.27. The summed E-state index contributed by atoms with van der Waals surface area (Å²) in [5, 5.41) is 12.7. The van der Waals surface area contributed by atoms with Crippen LogP contribution in [0.2, 0.25) is 0 Å². The molecule has 1 saturated carbocycles. The Morgan fingerprint density at radius 1 is 1.25 bits per heavy atom. The number of halogens is 3. The summed E-state index contributed by atoms with van der Waals surface area (Å²) in [7, 11) is 0. The van der Waals surface area contributed by atoms with Gasteiger partial charge in [-0.1, -0.05) is 13.8 Å². The maximum atomic E-state index is 11.8. The van der Waals surface area contributed by atoms with Gasteiger partial charge in [0.25, 0.3) is 0 Å². The molecule has 0 radical (unpaired) electrons. The number of nitrogens with one attached hydrogen (secondary N) is 1. The predicted octanol–water partition coefficient (Wildman–Crippen LogP) is 2.01. The molecule has 1 amide bonds. The van der Waals surface area contributed by atoms with E-state index in [1.54, 1.807) is 0 Å². The van der Waals surface area contributed by atoms with E-state index in [4.69, 9.17) is 0 Å². The van der Waals surface area contributed by atoms with Crippen LogP contribution < -0.4 is 5.32 Å². The standard InChI is InChI=1S/C13H22F3NO3/c1-11(2)3-5-12(19,6-4-11)8-17-10(18)7-20-9-13(14,15)16/h19H,3-9H2,1-2H3,(H,17,18). The topological polar surface area (TPSA) is 58.6 Å². The Balaban J connectivity index is 2.24. The van der Waals surface area contributed by atoms with Gasteiger partial charge in [0.05, 0.1) is 5.60 Å². The third-order valence-electron chi connectivity index (χ3n) is 3.65. The highest BCUT2D eigenvalue weighted by Gasteiger charge is 2.36. The van der Waals surface area contributed by atoms with Crippen LogP contribution in [0.3, 0.4) is 0 Å². The van der Waals surface area contributed by atoms with Crippen molar-refractivity contribution in [1.29, 1.82) is 0 Å². The molecule has 1 fully saturated rings. The zero-order valence-corrected chi connectivity index (χ0v) is 11.8. The summed E-state index contributed by atoms with van der Waals surface area (Å²) in [6.45, 7) is 2.20. The Morgan fingerprint density at radius 2 is 1.80 bits per heavy atom. The molecule has 0 spiro atoms. The number of hydrogen-bond acceptors (Lipinski definition) is 3. The molecule has 4 nitrogen and oxygen atoms in total. The van der Waals surface area contributed by atoms with E-state index < -0.39 is 30.9 Å². The average Bonchev–Trinajstić information content (AvgIpc) is 2.30. The molecule has 0 aromatic rings. The quantitative estimate of drug-likeness (QED) is 0.816. The summed E-state index contributed by atoms with van der Waals surface area (Å²) < 4.78 is 39.7. The molecular weight excluding hydrogens is 275 g/mol. The number of amides is 1. The summed E-state index contributed by atoms with van der Waals surface area (Å²) >= 11 is 0. The third kappa shape index (κ3) is 6.56. The van der Waals surface area contributed by atoms with Gasteiger partial charge in [-0.05, 0) is 31.1 Å². The molecule has 0 saturated heterocycles. The third-order valence-corrected chi connectivity index (χ3v) is 3.65. The predicted molar refractivity (Wildman–Crippen MR) is 67.1 cm³/mol. The van der Waals surface area contributed by atoms with Crippen molar-refractivity contribution in [3.8, 4) is 0 Å². The van der Waals surface area contributed by atoms with Crippen molar-refractivity contribution in [2.45, 2.75) is 51.3 Å². The largest absolute Gasteiger partial charge is 0.411 e. The lowest BCUT2D eigenvalue weighted by atomic mass is 9.71. The maximum Gasteiger partial charge on any atom is 0.411 e. The minimum atomic E-state index is -4.44. The van der Waals surface area contributed by atoms with Crippen molar-refractivity contribution in [3.63, 3.8) is 0 Å². The van der Waals surface area contributed by atoms with Crippen LogP contribution in [-0.2, 0) is 9.53 Å². The highest BCUT2D eigenvalue weighted by atomic mass is 19.4. The first-order valence-electron chi connectivity index (χ1n) is 6.65. The Hall–Kier alpha value is -0.820. The van der Waals surface area contributed by atoms with Gasteiger partial charge >= 0.3 is 6.18 Å². The molecule has 2 N–H and O–H groups in total. The SMILES string of the molecule is CC1(C)CCC(O)(CNC(=O)COCC(F)(F)F)CC1. The fourth-order valence-electron chi connectivity index (χ4n) is 2.14. The lowest BCUT2D eigenvalue weighted by Gasteiger charge is -2.40. The zero-order chi connectivity index (χ0) is 15.4. The van der Waals surface area contributed by atoms with Crippen molar-refractivity contribution in [2.75, 3.05) is 19.8 Å². The normalized spacial score (nSPS) is 21.5. The smallest absolute Gasteiger partial charge is 0.388 e. The fraction of sp³-hybridized carbons (Fsp3) is 0.923. The van der Waals surface area contributed by atoms with Gasteiger partial charge in [0.1, 0.15) is 13.2 Å². The molecule has 0 atom stereocenters. The average molecular weight is 297 g/mol. The van der Waals surface area contributed by atoms with Crippen molar-refractivity contribution < 1.29 is 27.8 Å². The Morgan fingerprint density at radius 3 is 2.30 bits per heavy atom. The number of aliphatic hydroxyl groups is 1. The van der Waals surface area contributed by atoms with Gasteiger partial charge in [0.15, 0.2) is 0 Å². The molecule has 1 aliphatic rings. The van der Waals surface area contributed by atoms with E-state index >= 15 is 0 Å². The zero-order valence-electron chi connectivity index (χ0n) is 11.8. The van der Waals surface area contributed by atoms with Crippen LogP contribution in [0.5, 0.6) is 0 Å². The van der Waals surface area contributed by atoms with E-state index in [2.05, 4.69) is 23.9 Å². The Bertz CT molecular complexity index is 332. The molecule has 1 rings (SSSR count). The molecule has 118 valence electrons.